The molecular formula is C15H16O. The van der Waals surface area contributed by atoms with Gasteiger partial charge in [0, 0.05) is 5.92 Å². The summed E-state index contributed by atoms with van der Waals surface area (Å²) < 4.78 is 5.58. The van der Waals surface area contributed by atoms with E-state index in [1.54, 1.807) is 0 Å². The first-order chi connectivity index (χ1) is 7.86. The van der Waals surface area contributed by atoms with Crippen molar-refractivity contribution in [2.45, 2.75) is 6.92 Å². The fraction of sp³-hybridized carbons (Fsp3) is 0.333. The molecule has 0 amide bonds. The van der Waals surface area contributed by atoms with E-state index in [4.69, 9.17) is 4.74 Å². The van der Waals surface area contributed by atoms with Gasteiger partial charge in [0.25, 0.3) is 0 Å². The van der Waals surface area contributed by atoms with Crippen LogP contribution in [0.2, 0.25) is 0 Å². The molecule has 1 aliphatic heterocycles. The molecule has 0 radical (unpaired) electrons. The van der Waals surface area contributed by atoms with Gasteiger partial charge in [-0.3, -0.25) is 0 Å². The van der Waals surface area contributed by atoms with Gasteiger partial charge in [0.15, 0.2) is 0 Å². The van der Waals surface area contributed by atoms with Crippen molar-refractivity contribution in [2.75, 3.05) is 13.2 Å². The third-order valence-corrected chi connectivity index (χ3v) is 3.52. The van der Waals surface area contributed by atoms with Gasteiger partial charge in [-0.15, -0.1) is 0 Å². The molecule has 1 saturated heterocycles. The Morgan fingerprint density at radius 2 is 1.94 bits per heavy atom. The number of fused-ring (bicyclic) bond motifs is 1. The third-order valence-electron chi connectivity index (χ3n) is 3.52. The van der Waals surface area contributed by atoms with Crippen LogP contribution in [0.15, 0.2) is 48.1 Å². The van der Waals surface area contributed by atoms with Crippen molar-refractivity contribution in [3.63, 3.8) is 0 Å². The van der Waals surface area contributed by atoms with Crippen LogP contribution in [0.4, 0.5) is 0 Å². The van der Waals surface area contributed by atoms with Crippen molar-refractivity contribution in [3.05, 3.63) is 53.6 Å². The van der Waals surface area contributed by atoms with E-state index in [0.717, 1.165) is 13.2 Å². The number of rotatable bonds is 1. The monoisotopic (exact) mass is 212 g/mol. The minimum Gasteiger partial charge on any atom is -0.376 e. The zero-order valence-electron chi connectivity index (χ0n) is 9.52. The van der Waals surface area contributed by atoms with Crippen LogP contribution in [0.1, 0.15) is 12.5 Å². The molecule has 3 rings (SSSR count). The van der Waals surface area contributed by atoms with Gasteiger partial charge in [-0.1, -0.05) is 49.4 Å². The lowest BCUT2D eigenvalue weighted by molar-refractivity contribution is 0.195. The van der Waals surface area contributed by atoms with Crippen LogP contribution in [0.25, 0.3) is 5.57 Å². The molecule has 1 nitrogen and oxygen atoms in total. The molecule has 1 aromatic carbocycles. The van der Waals surface area contributed by atoms with E-state index in [1.807, 2.05) is 0 Å². The quantitative estimate of drug-likeness (QED) is 0.649. The molecule has 1 aromatic rings. The van der Waals surface area contributed by atoms with E-state index in [9.17, 15) is 0 Å². The highest BCUT2D eigenvalue weighted by atomic mass is 16.5. The van der Waals surface area contributed by atoms with E-state index in [2.05, 4.69) is 49.4 Å². The summed E-state index contributed by atoms with van der Waals surface area (Å²) in [5, 5.41) is 0. The fourth-order valence-corrected chi connectivity index (χ4v) is 2.71. The summed E-state index contributed by atoms with van der Waals surface area (Å²) in [4.78, 5) is 0. The van der Waals surface area contributed by atoms with Crippen molar-refractivity contribution in [1.29, 1.82) is 0 Å². The molecule has 0 unspecified atom stereocenters. The highest BCUT2D eigenvalue weighted by Gasteiger charge is 2.28. The summed E-state index contributed by atoms with van der Waals surface area (Å²) >= 11 is 0. The first-order valence-electron chi connectivity index (χ1n) is 5.90. The second-order valence-corrected chi connectivity index (χ2v) is 4.60. The number of hydrogen-bond acceptors (Lipinski definition) is 1. The summed E-state index contributed by atoms with van der Waals surface area (Å²) in [7, 11) is 0. The number of allylic oxidation sites excluding steroid dienone is 2. The Hall–Kier alpha value is -1.34. The summed E-state index contributed by atoms with van der Waals surface area (Å²) in [6, 6.07) is 10.7. The van der Waals surface area contributed by atoms with E-state index in [1.165, 1.54) is 16.7 Å². The Bertz CT molecular complexity index is 442. The molecule has 1 heteroatoms. The van der Waals surface area contributed by atoms with Crippen LogP contribution in [-0.2, 0) is 4.74 Å². The Labute approximate surface area is 96.4 Å². The van der Waals surface area contributed by atoms with Gasteiger partial charge in [0.2, 0.25) is 0 Å². The molecule has 0 bridgehead atoms. The van der Waals surface area contributed by atoms with Gasteiger partial charge in [0.05, 0.1) is 13.2 Å². The van der Waals surface area contributed by atoms with Crippen LogP contribution in [0.3, 0.4) is 0 Å². The minimum atomic E-state index is 0.510. The summed E-state index contributed by atoms with van der Waals surface area (Å²) in [6.07, 6.45) is 4.62. The second-order valence-electron chi connectivity index (χ2n) is 4.60. The number of benzene rings is 1. The smallest absolute Gasteiger partial charge is 0.0689 e. The molecule has 2 aliphatic rings. The molecule has 82 valence electrons. The van der Waals surface area contributed by atoms with Crippen LogP contribution in [0, 0.1) is 11.8 Å². The summed E-state index contributed by atoms with van der Waals surface area (Å²) in [6.45, 7) is 3.93. The lowest BCUT2D eigenvalue weighted by atomic mass is 9.81. The van der Waals surface area contributed by atoms with Crippen LogP contribution < -0.4 is 0 Å². The molecule has 1 heterocycles. The van der Waals surface area contributed by atoms with Gasteiger partial charge in [-0.05, 0) is 22.6 Å². The standard InChI is InChI=1S/C15H16O/c1-11-7-8-13-9-16-10-14(13)15(11)12-5-3-2-4-6-12/h2-8,11,13H,9-10H2,1H3/t11-,13-/m1/s1. The third kappa shape index (κ3) is 1.52. The average Bonchev–Trinajstić information content (AvgIpc) is 2.78. The Balaban J connectivity index is 2.10. The largest absolute Gasteiger partial charge is 0.376 e. The predicted octanol–water partition coefficient (Wildman–Crippen LogP) is 3.29. The first kappa shape index (κ1) is 9.86. The maximum absolute atomic E-state index is 5.58. The molecule has 2 atom stereocenters. The normalized spacial score (nSPS) is 28.3. The molecular weight excluding hydrogens is 196 g/mol. The second kappa shape index (κ2) is 3.91. The van der Waals surface area contributed by atoms with Gasteiger partial charge >= 0.3 is 0 Å². The molecule has 1 aliphatic carbocycles. The lowest BCUT2D eigenvalue weighted by Gasteiger charge is -2.23. The first-order valence-corrected chi connectivity index (χ1v) is 5.90. The molecule has 0 saturated carbocycles. The van der Waals surface area contributed by atoms with Crippen molar-refractivity contribution in [2.24, 2.45) is 11.8 Å². The van der Waals surface area contributed by atoms with Crippen molar-refractivity contribution in [1.82, 2.24) is 0 Å². The highest BCUT2D eigenvalue weighted by Crippen LogP contribution is 2.38. The highest BCUT2D eigenvalue weighted by molar-refractivity contribution is 5.74. The maximum Gasteiger partial charge on any atom is 0.0689 e. The molecule has 0 spiro atoms. The minimum absolute atomic E-state index is 0.510. The van der Waals surface area contributed by atoms with E-state index in [-0.39, 0.29) is 0 Å². The van der Waals surface area contributed by atoms with Crippen molar-refractivity contribution >= 4 is 5.57 Å². The summed E-state index contributed by atoms with van der Waals surface area (Å²) in [5.74, 6) is 1.03. The number of hydrogen-bond donors (Lipinski definition) is 0. The zero-order chi connectivity index (χ0) is 11.0. The Morgan fingerprint density at radius 3 is 2.75 bits per heavy atom. The van der Waals surface area contributed by atoms with E-state index in [0.29, 0.717) is 11.8 Å². The lowest BCUT2D eigenvalue weighted by Crippen LogP contribution is -2.11. The van der Waals surface area contributed by atoms with Gasteiger partial charge in [-0.25, -0.2) is 0 Å². The molecule has 16 heavy (non-hydrogen) atoms. The maximum atomic E-state index is 5.58. The number of ether oxygens (including phenoxy) is 1. The van der Waals surface area contributed by atoms with Gasteiger partial charge in [-0.2, -0.15) is 0 Å². The van der Waals surface area contributed by atoms with E-state index >= 15 is 0 Å². The van der Waals surface area contributed by atoms with Crippen LogP contribution >= 0.6 is 0 Å². The fourth-order valence-electron chi connectivity index (χ4n) is 2.71. The average molecular weight is 212 g/mol. The SMILES string of the molecule is C[C@@H]1C=C[C@@H]2COCC2=C1c1ccccc1. The summed E-state index contributed by atoms with van der Waals surface area (Å²) in [5.41, 5.74) is 4.32. The van der Waals surface area contributed by atoms with Crippen LogP contribution in [0.5, 0.6) is 0 Å². The Morgan fingerprint density at radius 1 is 1.12 bits per heavy atom. The Kier molecular flexibility index (Phi) is 2.41. The van der Waals surface area contributed by atoms with Gasteiger partial charge in [0.1, 0.15) is 0 Å². The zero-order valence-corrected chi connectivity index (χ0v) is 9.52. The predicted molar refractivity (Wildman–Crippen MR) is 66.0 cm³/mol. The van der Waals surface area contributed by atoms with Crippen molar-refractivity contribution in [3.8, 4) is 0 Å². The molecule has 0 N–H and O–H groups in total. The topological polar surface area (TPSA) is 9.23 Å². The van der Waals surface area contributed by atoms with Gasteiger partial charge < -0.3 is 4.74 Å². The van der Waals surface area contributed by atoms with E-state index < -0.39 is 0 Å². The van der Waals surface area contributed by atoms with Crippen molar-refractivity contribution < 1.29 is 4.74 Å². The molecule has 1 fully saturated rings. The molecule has 0 aromatic heterocycles. The van der Waals surface area contributed by atoms with Crippen LogP contribution in [-0.4, -0.2) is 13.2 Å².